The van der Waals surface area contributed by atoms with Gasteiger partial charge in [-0.3, -0.25) is 4.98 Å². The maximum absolute atomic E-state index is 12.1. The van der Waals surface area contributed by atoms with Crippen molar-refractivity contribution < 1.29 is 9.53 Å². The lowest BCUT2D eigenvalue weighted by Crippen LogP contribution is -2.11. The summed E-state index contributed by atoms with van der Waals surface area (Å²) in [5.41, 5.74) is 1.40. The topological polar surface area (TPSA) is 39.2 Å². The number of hydrogen-bond acceptors (Lipinski definition) is 3. The van der Waals surface area contributed by atoms with Gasteiger partial charge in [0.2, 0.25) is 0 Å². The van der Waals surface area contributed by atoms with Gasteiger partial charge in [-0.2, -0.15) is 0 Å². The van der Waals surface area contributed by atoms with Crippen LogP contribution in [0, 0.1) is 16.2 Å². The molecule has 0 bridgehead atoms. The Morgan fingerprint density at radius 2 is 2.10 bits per heavy atom. The average Bonchev–Trinajstić information content (AvgIpc) is 2.47. The fourth-order valence-electron chi connectivity index (χ4n) is 1.78. The van der Waals surface area contributed by atoms with Gasteiger partial charge in [0.25, 0.3) is 0 Å². The van der Waals surface area contributed by atoms with E-state index < -0.39 is 0 Å². The molecule has 0 saturated carbocycles. The summed E-state index contributed by atoms with van der Waals surface area (Å²) in [6.07, 6.45) is 6.77. The molecule has 0 aromatic carbocycles. The SMILES string of the molecule is CCOC(=O)/C(=C/CC(C)(C)CC#CBr)c1ccncc1. The minimum atomic E-state index is -0.300. The van der Waals surface area contributed by atoms with Gasteiger partial charge in [0.1, 0.15) is 0 Å². The van der Waals surface area contributed by atoms with Crippen LogP contribution in [0.2, 0.25) is 0 Å². The second-order valence-electron chi connectivity index (χ2n) is 5.39. The van der Waals surface area contributed by atoms with E-state index in [9.17, 15) is 4.79 Å². The highest BCUT2D eigenvalue weighted by Gasteiger charge is 2.18. The Morgan fingerprint density at radius 3 is 2.67 bits per heavy atom. The third-order valence-electron chi connectivity index (χ3n) is 2.98. The van der Waals surface area contributed by atoms with Gasteiger partial charge in [0.05, 0.1) is 12.2 Å². The zero-order chi connectivity index (χ0) is 15.7. The molecule has 0 aliphatic carbocycles. The molecule has 1 rings (SSSR count). The molecule has 0 aliphatic rings. The van der Waals surface area contributed by atoms with E-state index in [4.69, 9.17) is 4.74 Å². The third-order valence-corrected chi connectivity index (χ3v) is 3.26. The average molecular weight is 350 g/mol. The van der Waals surface area contributed by atoms with Crippen molar-refractivity contribution in [3.63, 3.8) is 0 Å². The highest BCUT2D eigenvalue weighted by atomic mass is 79.9. The minimum Gasteiger partial charge on any atom is -0.462 e. The molecule has 0 fully saturated rings. The first-order valence-corrected chi connectivity index (χ1v) is 7.65. The molecule has 4 heteroatoms. The number of pyridine rings is 1. The van der Waals surface area contributed by atoms with Gasteiger partial charge in [-0.25, -0.2) is 4.79 Å². The Labute approximate surface area is 134 Å². The number of carbonyl (C=O) groups excluding carboxylic acids is 1. The number of hydrogen-bond donors (Lipinski definition) is 0. The summed E-state index contributed by atoms with van der Waals surface area (Å²) in [5, 5.41) is 0. The zero-order valence-corrected chi connectivity index (χ0v) is 14.2. The largest absolute Gasteiger partial charge is 0.462 e. The molecule has 21 heavy (non-hydrogen) atoms. The molecule has 112 valence electrons. The van der Waals surface area contributed by atoms with E-state index in [0.29, 0.717) is 12.2 Å². The molecule has 0 unspecified atom stereocenters. The lowest BCUT2D eigenvalue weighted by atomic mass is 9.85. The quantitative estimate of drug-likeness (QED) is 0.439. The molecular formula is C17H20BrNO2. The molecule has 0 N–H and O–H groups in total. The summed E-state index contributed by atoms with van der Waals surface area (Å²) >= 11 is 3.10. The zero-order valence-electron chi connectivity index (χ0n) is 12.6. The summed E-state index contributed by atoms with van der Waals surface area (Å²) < 4.78 is 5.14. The van der Waals surface area contributed by atoms with E-state index in [2.05, 4.69) is 45.5 Å². The van der Waals surface area contributed by atoms with Crippen LogP contribution in [0.5, 0.6) is 0 Å². The monoisotopic (exact) mass is 349 g/mol. The Bertz CT molecular complexity index is 553. The van der Waals surface area contributed by atoms with Crippen LogP contribution in [0.4, 0.5) is 0 Å². The normalized spacial score (nSPS) is 11.5. The number of halogens is 1. The second-order valence-corrected chi connectivity index (χ2v) is 5.79. The van der Waals surface area contributed by atoms with Crippen molar-refractivity contribution in [1.82, 2.24) is 4.98 Å². The van der Waals surface area contributed by atoms with Gasteiger partial charge in [-0.1, -0.05) is 25.8 Å². The van der Waals surface area contributed by atoms with Crippen molar-refractivity contribution in [3.05, 3.63) is 36.2 Å². The van der Waals surface area contributed by atoms with E-state index in [1.54, 1.807) is 19.3 Å². The van der Waals surface area contributed by atoms with Crippen molar-refractivity contribution in [1.29, 1.82) is 0 Å². The molecular weight excluding hydrogens is 330 g/mol. The molecule has 0 saturated heterocycles. The van der Waals surface area contributed by atoms with Gasteiger partial charge in [0, 0.05) is 34.7 Å². The maximum Gasteiger partial charge on any atom is 0.338 e. The highest BCUT2D eigenvalue weighted by molar-refractivity contribution is 9.12. The fourth-order valence-corrected chi connectivity index (χ4v) is 1.92. The fraction of sp³-hybridized carbons (Fsp3) is 0.412. The Hall–Kier alpha value is -1.60. The van der Waals surface area contributed by atoms with Crippen molar-refractivity contribution in [2.45, 2.75) is 33.6 Å². The standard InChI is InChI=1S/C17H20BrNO2/c1-4-21-16(20)15(14-7-12-19-13-8-14)6-10-17(2,3)9-5-11-18/h6-8,12-13H,4,9-10H2,1-3H3/b15-6+. The van der Waals surface area contributed by atoms with E-state index in [0.717, 1.165) is 18.4 Å². The lowest BCUT2D eigenvalue weighted by Gasteiger charge is -2.20. The molecule has 0 radical (unpaired) electrons. The number of allylic oxidation sites excluding steroid dienone is 1. The molecule has 0 amide bonds. The first-order valence-electron chi connectivity index (χ1n) is 6.86. The van der Waals surface area contributed by atoms with Crippen molar-refractivity contribution >= 4 is 27.5 Å². The summed E-state index contributed by atoms with van der Waals surface area (Å²) in [6.45, 7) is 6.41. The summed E-state index contributed by atoms with van der Waals surface area (Å²) in [5.74, 6) is 2.72. The predicted molar refractivity (Wildman–Crippen MR) is 88.6 cm³/mol. The molecule has 1 aromatic heterocycles. The van der Waals surface area contributed by atoms with E-state index in [1.807, 2.05) is 18.2 Å². The molecule has 3 nitrogen and oxygen atoms in total. The van der Waals surface area contributed by atoms with Crippen LogP contribution < -0.4 is 0 Å². The van der Waals surface area contributed by atoms with Crippen LogP contribution in [0.3, 0.4) is 0 Å². The maximum atomic E-state index is 12.1. The van der Waals surface area contributed by atoms with Crippen LogP contribution in [0.15, 0.2) is 30.6 Å². The summed E-state index contributed by atoms with van der Waals surface area (Å²) in [7, 11) is 0. The molecule has 1 heterocycles. The van der Waals surface area contributed by atoms with Crippen LogP contribution in [-0.2, 0) is 9.53 Å². The number of nitrogens with zero attached hydrogens (tertiary/aromatic N) is 1. The number of carbonyl (C=O) groups is 1. The third kappa shape index (κ3) is 6.14. The predicted octanol–water partition coefficient (Wildman–Crippen LogP) is 4.19. The van der Waals surface area contributed by atoms with E-state index >= 15 is 0 Å². The van der Waals surface area contributed by atoms with Crippen LogP contribution in [0.1, 0.15) is 39.2 Å². The van der Waals surface area contributed by atoms with E-state index in [-0.39, 0.29) is 11.4 Å². The van der Waals surface area contributed by atoms with Gasteiger partial charge in [0.15, 0.2) is 0 Å². The highest BCUT2D eigenvalue weighted by Crippen LogP contribution is 2.28. The van der Waals surface area contributed by atoms with Crippen molar-refractivity contribution in [2.24, 2.45) is 5.41 Å². The molecule has 1 aromatic rings. The number of aromatic nitrogens is 1. The lowest BCUT2D eigenvalue weighted by molar-refractivity contribution is -0.136. The smallest absolute Gasteiger partial charge is 0.338 e. The Morgan fingerprint density at radius 1 is 1.43 bits per heavy atom. The van der Waals surface area contributed by atoms with Crippen LogP contribution in [0.25, 0.3) is 5.57 Å². The number of ether oxygens (including phenoxy) is 1. The first-order chi connectivity index (χ1) is 10.00. The second kappa shape index (κ2) is 8.63. The number of rotatable bonds is 6. The van der Waals surface area contributed by atoms with Gasteiger partial charge >= 0.3 is 5.97 Å². The minimum absolute atomic E-state index is 0.00839. The Kier molecular flexibility index (Phi) is 7.18. The Balaban J connectivity index is 2.98. The van der Waals surface area contributed by atoms with Crippen LogP contribution in [-0.4, -0.2) is 17.6 Å². The summed E-state index contributed by atoms with van der Waals surface area (Å²) in [6, 6.07) is 3.63. The van der Waals surface area contributed by atoms with Crippen molar-refractivity contribution in [3.8, 4) is 10.8 Å². The molecule has 0 atom stereocenters. The van der Waals surface area contributed by atoms with Crippen LogP contribution >= 0.6 is 15.9 Å². The van der Waals surface area contributed by atoms with Gasteiger partial charge in [-0.05, 0) is 41.3 Å². The van der Waals surface area contributed by atoms with Gasteiger partial charge in [-0.15, -0.1) is 0 Å². The number of esters is 1. The summed E-state index contributed by atoms with van der Waals surface area (Å²) in [4.78, 5) is 18.8. The van der Waals surface area contributed by atoms with E-state index in [1.165, 1.54) is 0 Å². The van der Waals surface area contributed by atoms with Gasteiger partial charge < -0.3 is 4.74 Å². The molecule has 0 aliphatic heterocycles. The van der Waals surface area contributed by atoms with Crippen molar-refractivity contribution in [2.75, 3.05) is 6.61 Å². The molecule has 0 spiro atoms. The first kappa shape index (κ1) is 17.5.